The number of methoxy groups -OCH3 is 1. The molecule has 0 aromatic heterocycles. The van der Waals surface area contributed by atoms with E-state index in [2.05, 4.69) is 22.1 Å². The van der Waals surface area contributed by atoms with Gasteiger partial charge in [-0.25, -0.2) is 0 Å². The summed E-state index contributed by atoms with van der Waals surface area (Å²) < 4.78 is 11.1. The first kappa shape index (κ1) is 17.2. The average Bonchev–Trinajstić information content (AvgIpc) is 3.23. The van der Waals surface area contributed by atoms with Gasteiger partial charge in [-0.3, -0.25) is 4.99 Å². The summed E-state index contributed by atoms with van der Waals surface area (Å²) in [7, 11) is 3.76. The van der Waals surface area contributed by atoms with Gasteiger partial charge in [0.1, 0.15) is 0 Å². The highest BCUT2D eigenvalue weighted by atomic mass is 16.5. The van der Waals surface area contributed by atoms with E-state index in [-0.39, 0.29) is 5.60 Å². The Balaban J connectivity index is 2.35. The summed E-state index contributed by atoms with van der Waals surface area (Å²) >= 11 is 0. The van der Waals surface area contributed by atoms with Crippen LogP contribution in [0.25, 0.3) is 0 Å². The van der Waals surface area contributed by atoms with E-state index >= 15 is 0 Å². The molecule has 1 rings (SSSR count). The molecule has 0 aliphatic heterocycles. The Bertz CT molecular complexity index is 301. The molecule has 0 heterocycles. The molecule has 0 radical (unpaired) electrons. The lowest BCUT2D eigenvalue weighted by atomic mass is 10.1. The zero-order valence-electron chi connectivity index (χ0n) is 13.7. The van der Waals surface area contributed by atoms with Crippen LogP contribution < -0.4 is 5.32 Å². The number of nitrogens with zero attached hydrogens (tertiary/aromatic N) is 2. The lowest BCUT2D eigenvalue weighted by Crippen LogP contribution is -2.41. The summed E-state index contributed by atoms with van der Waals surface area (Å²) in [5.74, 6) is 1.73. The average molecular weight is 285 g/mol. The summed E-state index contributed by atoms with van der Waals surface area (Å²) in [4.78, 5) is 6.75. The van der Waals surface area contributed by atoms with Gasteiger partial charge >= 0.3 is 0 Å². The van der Waals surface area contributed by atoms with E-state index in [0.717, 1.165) is 38.2 Å². The standard InChI is InChI=1S/C15H31N3O2/c1-6-16-14(17-12-15(2,3)19-5)18(4)9-10-20-11-13-7-8-13/h13H,6-12H2,1-5H3,(H,16,17). The van der Waals surface area contributed by atoms with Crippen molar-refractivity contribution in [1.82, 2.24) is 10.2 Å². The zero-order valence-corrected chi connectivity index (χ0v) is 13.7. The second-order valence-corrected chi connectivity index (χ2v) is 6.07. The Morgan fingerprint density at radius 3 is 2.65 bits per heavy atom. The van der Waals surface area contributed by atoms with Crippen molar-refractivity contribution in [2.45, 2.75) is 39.2 Å². The molecule has 0 aromatic rings. The lowest BCUT2D eigenvalue weighted by molar-refractivity contribution is 0.0308. The summed E-state index contributed by atoms with van der Waals surface area (Å²) in [5.41, 5.74) is -0.232. The third-order valence-electron chi connectivity index (χ3n) is 3.48. The SMILES string of the molecule is CCNC(=NCC(C)(C)OC)N(C)CCOCC1CC1. The molecule has 0 saturated heterocycles. The highest BCUT2D eigenvalue weighted by Gasteiger charge is 2.21. The first-order chi connectivity index (χ1) is 9.48. The van der Waals surface area contributed by atoms with Crippen LogP contribution in [0.2, 0.25) is 0 Å². The van der Waals surface area contributed by atoms with Gasteiger partial charge in [0.25, 0.3) is 0 Å². The maximum Gasteiger partial charge on any atom is 0.193 e. The van der Waals surface area contributed by atoms with Gasteiger partial charge in [0.15, 0.2) is 5.96 Å². The number of ether oxygens (including phenoxy) is 2. The van der Waals surface area contributed by atoms with E-state index in [9.17, 15) is 0 Å². The van der Waals surface area contributed by atoms with Gasteiger partial charge in [-0.2, -0.15) is 0 Å². The Morgan fingerprint density at radius 1 is 1.40 bits per heavy atom. The van der Waals surface area contributed by atoms with Crippen LogP contribution >= 0.6 is 0 Å². The second-order valence-electron chi connectivity index (χ2n) is 6.07. The van der Waals surface area contributed by atoms with Gasteiger partial charge in [0, 0.05) is 33.9 Å². The minimum Gasteiger partial charge on any atom is -0.379 e. The molecule has 118 valence electrons. The molecule has 0 spiro atoms. The molecular weight excluding hydrogens is 254 g/mol. The molecule has 0 unspecified atom stereocenters. The number of hydrogen-bond donors (Lipinski definition) is 1. The number of nitrogens with one attached hydrogen (secondary N) is 1. The number of hydrogen-bond acceptors (Lipinski definition) is 3. The predicted molar refractivity (Wildman–Crippen MR) is 83.2 cm³/mol. The normalized spacial score (nSPS) is 16.4. The topological polar surface area (TPSA) is 46.1 Å². The molecule has 5 heteroatoms. The van der Waals surface area contributed by atoms with Crippen molar-refractivity contribution >= 4 is 5.96 Å². The zero-order chi connectivity index (χ0) is 15.0. The number of rotatable bonds is 9. The largest absolute Gasteiger partial charge is 0.379 e. The third-order valence-corrected chi connectivity index (χ3v) is 3.48. The van der Waals surface area contributed by atoms with Crippen LogP contribution in [0.4, 0.5) is 0 Å². The summed E-state index contributed by atoms with van der Waals surface area (Å²) in [6.07, 6.45) is 2.68. The molecule has 5 nitrogen and oxygen atoms in total. The van der Waals surface area contributed by atoms with Crippen molar-refractivity contribution in [2.75, 3.05) is 47.0 Å². The number of likely N-dealkylation sites (N-methyl/N-ethyl adjacent to an activating group) is 1. The fraction of sp³-hybridized carbons (Fsp3) is 0.933. The van der Waals surface area contributed by atoms with Crippen molar-refractivity contribution in [2.24, 2.45) is 10.9 Å². The van der Waals surface area contributed by atoms with Gasteiger partial charge in [0.05, 0.1) is 18.8 Å². The Morgan fingerprint density at radius 2 is 2.10 bits per heavy atom. The van der Waals surface area contributed by atoms with Gasteiger partial charge in [-0.15, -0.1) is 0 Å². The van der Waals surface area contributed by atoms with E-state index in [1.54, 1.807) is 7.11 Å². The van der Waals surface area contributed by atoms with Crippen LogP contribution in [0.5, 0.6) is 0 Å². The van der Waals surface area contributed by atoms with Crippen LogP contribution in [0.15, 0.2) is 4.99 Å². The highest BCUT2D eigenvalue weighted by molar-refractivity contribution is 5.79. The van der Waals surface area contributed by atoms with E-state index in [4.69, 9.17) is 9.47 Å². The molecule has 1 fully saturated rings. The Kier molecular flexibility index (Phi) is 7.30. The molecule has 0 bridgehead atoms. The highest BCUT2D eigenvalue weighted by Crippen LogP contribution is 2.28. The van der Waals surface area contributed by atoms with Crippen molar-refractivity contribution in [3.63, 3.8) is 0 Å². The van der Waals surface area contributed by atoms with Crippen LogP contribution in [-0.2, 0) is 9.47 Å². The van der Waals surface area contributed by atoms with Gasteiger partial charge in [0.2, 0.25) is 0 Å². The maximum atomic E-state index is 5.67. The minimum atomic E-state index is -0.232. The third kappa shape index (κ3) is 7.10. The fourth-order valence-corrected chi connectivity index (χ4v) is 1.64. The Hall–Kier alpha value is -0.810. The summed E-state index contributed by atoms with van der Waals surface area (Å²) in [6, 6.07) is 0. The number of aliphatic imine (C=N–C) groups is 1. The molecule has 20 heavy (non-hydrogen) atoms. The van der Waals surface area contributed by atoms with E-state index in [1.807, 2.05) is 20.9 Å². The molecule has 0 atom stereocenters. The van der Waals surface area contributed by atoms with Gasteiger partial charge in [-0.1, -0.05) is 0 Å². The molecule has 0 amide bonds. The molecule has 1 aliphatic rings. The molecule has 1 N–H and O–H groups in total. The minimum absolute atomic E-state index is 0.232. The van der Waals surface area contributed by atoms with E-state index in [0.29, 0.717) is 6.54 Å². The van der Waals surface area contributed by atoms with E-state index < -0.39 is 0 Å². The van der Waals surface area contributed by atoms with Crippen molar-refractivity contribution in [3.8, 4) is 0 Å². The molecule has 1 saturated carbocycles. The summed E-state index contributed by atoms with van der Waals surface area (Å²) in [6.45, 7) is 10.2. The maximum absolute atomic E-state index is 5.67. The monoisotopic (exact) mass is 285 g/mol. The van der Waals surface area contributed by atoms with Crippen molar-refractivity contribution in [3.05, 3.63) is 0 Å². The van der Waals surface area contributed by atoms with Crippen molar-refractivity contribution < 1.29 is 9.47 Å². The van der Waals surface area contributed by atoms with Crippen molar-refractivity contribution in [1.29, 1.82) is 0 Å². The first-order valence-corrected chi connectivity index (χ1v) is 7.61. The predicted octanol–water partition coefficient (Wildman–Crippen LogP) is 1.74. The van der Waals surface area contributed by atoms with Gasteiger partial charge in [-0.05, 0) is 39.5 Å². The smallest absolute Gasteiger partial charge is 0.193 e. The van der Waals surface area contributed by atoms with Gasteiger partial charge < -0.3 is 19.7 Å². The van der Waals surface area contributed by atoms with Crippen LogP contribution in [0.3, 0.4) is 0 Å². The fourth-order valence-electron chi connectivity index (χ4n) is 1.64. The van der Waals surface area contributed by atoms with Crippen LogP contribution in [0, 0.1) is 5.92 Å². The Labute approximate surface area is 123 Å². The van der Waals surface area contributed by atoms with Crippen LogP contribution in [0.1, 0.15) is 33.6 Å². The van der Waals surface area contributed by atoms with E-state index in [1.165, 1.54) is 12.8 Å². The van der Waals surface area contributed by atoms with Crippen LogP contribution in [-0.4, -0.2) is 63.5 Å². The lowest BCUT2D eigenvalue weighted by Gasteiger charge is -2.25. The molecular formula is C15H31N3O2. The summed E-state index contributed by atoms with van der Waals surface area (Å²) in [5, 5.41) is 3.31. The second kappa shape index (κ2) is 8.47. The molecule has 0 aromatic carbocycles. The quantitative estimate of drug-likeness (QED) is 0.398. The molecule has 1 aliphatic carbocycles. The first-order valence-electron chi connectivity index (χ1n) is 7.61. The number of guanidine groups is 1.